The number of hydroxylamine groups is 1. The number of ether oxygens (including phenoxy) is 1. The van der Waals surface area contributed by atoms with Gasteiger partial charge in [0.15, 0.2) is 11.7 Å². The number of nitrogens with one attached hydrogen (secondary N) is 1. The number of hydrogen-bond donors (Lipinski definition) is 1. The second-order valence-electron chi connectivity index (χ2n) is 7.81. The minimum atomic E-state index is -0.528. The lowest BCUT2D eigenvalue weighted by Gasteiger charge is -2.27. The number of hydrogen-bond acceptors (Lipinski definition) is 7. The summed E-state index contributed by atoms with van der Waals surface area (Å²) in [5.74, 6) is 0.272. The maximum atomic E-state index is 15.0. The number of aliphatic imine (C=N–C) groups is 1. The highest BCUT2D eigenvalue weighted by molar-refractivity contribution is 6.31. The van der Waals surface area contributed by atoms with Gasteiger partial charge in [-0.05, 0) is 26.0 Å². The number of nitrogens with zero attached hydrogens (tertiary/aromatic N) is 6. The Bertz CT molecular complexity index is 1400. The van der Waals surface area contributed by atoms with Crippen molar-refractivity contribution in [1.29, 1.82) is 0 Å². The number of amidine groups is 1. The van der Waals surface area contributed by atoms with E-state index in [1.807, 2.05) is 30.7 Å². The van der Waals surface area contributed by atoms with Gasteiger partial charge in [-0.3, -0.25) is 9.83 Å². The average molecular weight is 470 g/mol. The van der Waals surface area contributed by atoms with Crippen LogP contribution in [-0.2, 0) is 11.9 Å². The van der Waals surface area contributed by atoms with E-state index in [9.17, 15) is 4.39 Å². The molecule has 2 atom stereocenters. The number of imidazole rings is 1. The van der Waals surface area contributed by atoms with Crippen LogP contribution in [-0.4, -0.2) is 43.1 Å². The molecular weight excluding hydrogens is 449 g/mol. The third-order valence-corrected chi connectivity index (χ3v) is 5.81. The van der Waals surface area contributed by atoms with Gasteiger partial charge in [0.25, 0.3) is 0 Å². The van der Waals surface area contributed by atoms with Crippen molar-refractivity contribution in [3.8, 4) is 11.6 Å². The summed E-state index contributed by atoms with van der Waals surface area (Å²) >= 11 is 6.01. The summed E-state index contributed by atoms with van der Waals surface area (Å²) < 4.78 is 24.0. The molecule has 0 fully saturated rings. The number of aryl methyl sites for hydroxylation is 2. The summed E-state index contributed by atoms with van der Waals surface area (Å²) in [6.07, 6.45) is 6.30. The number of aromatic nitrogens is 5. The fourth-order valence-electron chi connectivity index (χ4n) is 3.93. The van der Waals surface area contributed by atoms with Crippen molar-refractivity contribution in [3.63, 3.8) is 0 Å². The molecule has 1 aliphatic heterocycles. The molecular formula is C22H21ClFN7O2. The Balaban J connectivity index is 1.59. The van der Waals surface area contributed by atoms with Crippen molar-refractivity contribution in [2.75, 3.05) is 7.11 Å². The van der Waals surface area contributed by atoms with Gasteiger partial charge in [-0.2, -0.15) is 0 Å². The van der Waals surface area contributed by atoms with Crippen LogP contribution in [0.1, 0.15) is 29.9 Å². The lowest BCUT2D eigenvalue weighted by Crippen LogP contribution is -2.38. The van der Waals surface area contributed by atoms with E-state index in [1.165, 1.54) is 6.20 Å². The van der Waals surface area contributed by atoms with Gasteiger partial charge >= 0.3 is 0 Å². The molecule has 0 radical (unpaired) electrons. The van der Waals surface area contributed by atoms with Crippen molar-refractivity contribution in [3.05, 3.63) is 64.8 Å². The van der Waals surface area contributed by atoms with Crippen LogP contribution in [0.4, 0.5) is 4.39 Å². The van der Waals surface area contributed by atoms with Gasteiger partial charge in [-0.1, -0.05) is 11.6 Å². The highest BCUT2D eigenvalue weighted by atomic mass is 35.5. The second-order valence-corrected chi connectivity index (χ2v) is 8.22. The Kier molecular flexibility index (Phi) is 5.26. The molecule has 0 bridgehead atoms. The molecule has 9 nitrogen and oxygen atoms in total. The van der Waals surface area contributed by atoms with E-state index in [2.05, 4.69) is 20.4 Å². The lowest BCUT2D eigenvalue weighted by molar-refractivity contribution is -0.00456. The molecule has 0 saturated carbocycles. The van der Waals surface area contributed by atoms with Crippen LogP contribution in [0.25, 0.3) is 16.7 Å². The molecule has 0 aliphatic carbocycles. The fourth-order valence-corrected chi connectivity index (χ4v) is 4.07. The van der Waals surface area contributed by atoms with Crippen LogP contribution in [0.15, 0.2) is 42.0 Å². The minimum Gasteiger partial charge on any atom is -0.479 e. The Morgan fingerprint density at radius 3 is 2.79 bits per heavy atom. The van der Waals surface area contributed by atoms with E-state index < -0.39 is 11.9 Å². The van der Waals surface area contributed by atoms with Crippen molar-refractivity contribution >= 4 is 28.5 Å². The zero-order chi connectivity index (χ0) is 23.3. The Morgan fingerprint density at radius 2 is 2.06 bits per heavy atom. The standard InChI is InChI=1S/C22H21ClFN7O2/c1-11-8-31(10-26-11)16-6-5-15(27-22(16)32-4)20-28-19(12(2)33-29-20)13-9-30(3)21-17(13)18(24)14(23)7-25-21/h5-10,12,19H,1-4H3,(H,28,29)/t12-,19-/m1/s1. The normalized spacial score (nSPS) is 18.3. The molecule has 4 aromatic heterocycles. The predicted octanol–water partition coefficient (Wildman–Crippen LogP) is 3.67. The van der Waals surface area contributed by atoms with Crippen LogP contribution in [0.5, 0.6) is 5.88 Å². The van der Waals surface area contributed by atoms with Crippen LogP contribution in [0.3, 0.4) is 0 Å². The molecule has 5 rings (SSSR count). The largest absolute Gasteiger partial charge is 0.479 e. The Labute approximate surface area is 193 Å². The predicted molar refractivity (Wildman–Crippen MR) is 121 cm³/mol. The number of methoxy groups -OCH3 is 1. The number of fused-ring (bicyclic) bond motifs is 1. The number of rotatable bonds is 4. The van der Waals surface area contributed by atoms with Gasteiger partial charge in [0.2, 0.25) is 5.88 Å². The summed E-state index contributed by atoms with van der Waals surface area (Å²) in [5.41, 5.74) is 6.09. The molecule has 0 aromatic carbocycles. The maximum Gasteiger partial charge on any atom is 0.238 e. The third-order valence-electron chi connectivity index (χ3n) is 5.55. The van der Waals surface area contributed by atoms with E-state index in [1.54, 1.807) is 37.3 Å². The molecule has 1 N–H and O–H groups in total. The average Bonchev–Trinajstić information content (AvgIpc) is 3.39. The van der Waals surface area contributed by atoms with Crippen molar-refractivity contribution in [1.82, 2.24) is 29.6 Å². The Morgan fingerprint density at radius 1 is 1.24 bits per heavy atom. The number of pyridine rings is 2. The van der Waals surface area contributed by atoms with Crippen LogP contribution < -0.4 is 10.2 Å². The fraction of sp³-hybridized carbons (Fsp3) is 0.273. The molecule has 0 spiro atoms. The summed E-state index contributed by atoms with van der Waals surface area (Å²) in [5, 5.41) is 0.283. The quantitative estimate of drug-likeness (QED) is 0.490. The second kappa shape index (κ2) is 8.13. The van der Waals surface area contributed by atoms with Gasteiger partial charge in [0.1, 0.15) is 29.2 Å². The molecule has 5 heterocycles. The van der Waals surface area contributed by atoms with Gasteiger partial charge < -0.3 is 13.9 Å². The molecule has 0 amide bonds. The highest BCUT2D eigenvalue weighted by Gasteiger charge is 2.31. The van der Waals surface area contributed by atoms with Crippen molar-refractivity contribution < 1.29 is 14.0 Å². The van der Waals surface area contributed by atoms with E-state index in [4.69, 9.17) is 26.2 Å². The van der Waals surface area contributed by atoms with E-state index in [0.717, 1.165) is 11.4 Å². The SMILES string of the molecule is COc1nc(C2=N[C@@H](c3cn(C)c4ncc(Cl)c(F)c34)[C@@H](C)ON2)ccc1-n1cnc(C)c1. The summed E-state index contributed by atoms with van der Waals surface area (Å²) in [7, 11) is 3.35. The molecule has 4 aromatic rings. The van der Waals surface area contributed by atoms with Crippen LogP contribution >= 0.6 is 11.6 Å². The first-order valence-electron chi connectivity index (χ1n) is 10.2. The first-order valence-corrected chi connectivity index (χ1v) is 10.6. The third kappa shape index (κ3) is 3.61. The zero-order valence-electron chi connectivity index (χ0n) is 18.4. The van der Waals surface area contributed by atoms with Gasteiger partial charge in [0, 0.05) is 25.0 Å². The zero-order valence-corrected chi connectivity index (χ0v) is 19.1. The summed E-state index contributed by atoms with van der Waals surface area (Å²) in [6.45, 7) is 3.76. The van der Waals surface area contributed by atoms with Crippen LogP contribution in [0.2, 0.25) is 5.02 Å². The summed E-state index contributed by atoms with van der Waals surface area (Å²) in [6, 6.07) is 3.15. The monoisotopic (exact) mass is 469 g/mol. The molecule has 0 unspecified atom stereocenters. The first kappa shape index (κ1) is 21.4. The topological polar surface area (TPSA) is 91.4 Å². The lowest BCUT2D eigenvalue weighted by atomic mass is 10.0. The van der Waals surface area contributed by atoms with Crippen molar-refractivity contribution in [2.45, 2.75) is 26.0 Å². The molecule has 0 saturated heterocycles. The summed E-state index contributed by atoms with van der Waals surface area (Å²) in [4.78, 5) is 23.7. The maximum absolute atomic E-state index is 15.0. The highest BCUT2D eigenvalue weighted by Crippen LogP contribution is 2.36. The molecule has 11 heteroatoms. The van der Waals surface area contributed by atoms with Crippen LogP contribution in [0, 0.1) is 12.7 Å². The minimum absolute atomic E-state index is 0.0432. The van der Waals surface area contributed by atoms with Gasteiger partial charge in [-0.25, -0.2) is 24.8 Å². The van der Waals surface area contributed by atoms with Gasteiger partial charge in [-0.15, -0.1) is 0 Å². The first-order chi connectivity index (χ1) is 15.9. The van der Waals surface area contributed by atoms with Crippen molar-refractivity contribution in [2.24, 2.45) is 12.0 Å². The van der Waals surface area contributed by atoms with E-state index >= 15 is 0 Å². The molecule has 170 valence electrons. The smallest absolute Gasteiger partial charge is 0.238 e. The Hall–Kier alpha value is -3.50. The molecule has 33 heavy (non-hydrogen) atoms. The number of halogens is 2. The molecule has 1 aliphatic rings. The van der Waals surface area contributed by atoms with E-state index in [0.29, 0.717) is 34.0 Å². The van der Waals surface area contributed by atoms with E-state index in [-0.39, 0.29) is 11.1 Å². The van der Waals surface area contributed by atoms with Gasteiger partial charge in [0.05, 0.1) is 35.7 Å².